The number of aromatic nitrogens is 3. The number of hydrogen-bond acceptors (Lipinski definition) is 7. The van der Waals surface area contributed by atoms with Crippen LogP contribution in [0.5, 0.6) is 5.75 Å². The molecule has 3 aromatic rings. The maximum atomic E-state index is 9.55. The van der Waals surface area contributed by atoms with Crippen molar-refractivity contribution in [1.82, 2.24) is 15.0 Å². The first-order valence-electron chi connectivity index (χ1n) is 10.5. The predicted molar refractivity (Wildman–Crippen MR) is 127 cm³/mol. The first-order chi connectivity index (χ1) is 15.7. The number of hydrogen-bond donors (Lipinski definition) is 3. The molecule has 4 rings (SSSR count). The van der Waals surface area contributed by atoms with E-state index in [0.29, 0.717) is 22.9 Å². The van der Waals surface area contributed by atoms with E-state index >= 15 is 0 Å². The first kappa shape index (κ1) is 21.1. The molecule has 0 radical (unpaired) electrons. The van der Waals surface area contributed by atoms with E-state index in [1.807, 2.05) is 18.2 Å². The number of allylic oxidation sites excluding steroid dienone is 3. The fraction of sp³-hybridized carbons (Fsp3) is 0.250. The Morgan fingerprint density at radius 3 is 2.91 bits per heavy atom. The zero-order valence-corrected chi connectivity index (χ0v) is 18.1. The summed E-state index contributed by atoms with van der Waals surface area (Å²) in [6.45, 7) is 0. The second-order valence-electron chi connectivity index (χ2n) is 7.42. The highest BCUT2D eigenvalue weighted by Gasteiger charge is 2.19. The summed E-state index contributed by atoms with van der Waals surface area (Å²) in [4.78, 5) is 16.8. The van der Waals surface area contributed by atoms with Gasteiger partial charge < -0.3 is 20.8 Å². The van der Waals surface area contributed by atoms with Crippen molar-refractivity contribution in [2.24, 2.45) is 10.7 Å². The quantitative estimate of drug-likeness (QED) is 0.500. The average molecular weight is 428 g/mol. The summed E-state index contributed by atoms with van der Waals surface area (Å²) in [5, 5.41) is 13.6. The third kappa shape index (κ3) is 4.05. The van der Waals surface area contributed by atoms with Gasteiger partial charge in [0.1, 0.15) is 17.5 Å². The molecule has 0 spiro atoms. The third-order valence-corrected chi connectivity index (χ3v) is 5.49. The third-order valence-electron chi connectivity index (χ3n) is 5.49. The summed E-state index contributed by atoms with van der Waals surface area (Å²) in [6.07, 6.45) is 11.3. The molecule has 0 fully saturated rings. The number of benzene rings is 1. The van der Waals surface area contributed by atoms with Crippen LogP contribution in [0.2, 0.25) is 0 Å². The van der Waals surface area contributed by atoms with Gasteiger partial charge >= 0.3 is 0 Å². The minimum absolute atomic E-state index is 0.433. The van der Waals surface area contributed by atoms with Gasteiger partial charge in [-0.2, -0.15) is 10.2 Å². The Bertz CT molecular complexity index is 1280. The lowest BCUT2D eigenvalue weighted by Crippen LogP contribution is -2.05. The van der Waals surface area contributed by atoms with E-state index in [2.05, 4.69) is 32.4 Å². The second-order valence-corrected chi connectivity index (χ2v) is 7.42. The predicted octanol–water partition coefficient (Wildman–Crippen LogP) is 4.43. The molecule has 0 aliphatic heterocycles. The number of H-pyrrole nitrogens is 1. The number of nitrogens with zero attached hydrogens (tertiary/aromatic N) is 4. The smallest absolute Gasteiger partial charge is 0.229 e. The number of anilines is 2. The van der Waals surface area contributed by atoms with Crippen LogP contribution in [0.15, 0.2) is 47.7 Å². The lowest BCUT2D eigenvalue weighted by atomic mass is 9.95. The van der Waals surface area contributed by atoms with E-state index < -0.39 is 0 Å². The van der Waals surface area contributed by atoms with Crippen LogP contribution in [-0.2, 0) is 0 Å². The molecule has 4 N–H and O–H groups in total. The van der Waals surface area contributed by atoms with Crippen molar-refractivity contribution in [1.29, 1.82) is 5.26 Å². The number of ether oxygens (including phenoxy) is 1. The molecule has 8 heteroatoms. The van der Waals surface area contributed by atoms with Gasteiger partial charge in [-0.05, 0) is 55.7 Å². The molecule has 32 heavy (non-hydrogen) atoms. The van der Waals surface area contributed by atoms with Crippen molar-refractivity contribution in [3.63, 3.8) is 0 Å². The van der Waals surface area contributed by atoms with Crippen LogP contribution in [0.1, 0.15) is 42.5 Å². The molecule has 162 valence electrons. The number of nitrogens with two attached hydrogens (primary N) is 1. The van der Waals surface area contributed by atoms with Gasteiger partial charge in [0.15, 0.2) is 0 Å². The van der Waals surface area contributed by atoms with Crippen LogP contribution in [0.3, 0.4) is 0 Å². The van der Waals surface area contributed by atoms with Gasteiger partial charge in [-0.15, -0.1) is 0 Å². The molecule has 1 aromatic carbocycles. The van der Waals surface area contributed by atoms with Crippen LogP contribution < -0.4 is 15.8 Å². The van der Waals surface area contributed by atoms with Crippen molar-refractivity contribution in [3.8, 4) is 11.8 Å². The molecule has 2 aromatic heterocycles. The molecule has 0 atom stereocenters. The van der Waals surface area contributed by atoms with Crippen LogP contribution in [-0.4, -0.2) is 34.8 Å². The minimum atomic E-state index is 0.433. The van der Waals surface area contributed by atoms with E-state index in [9.17, 15) is 5.26 Å². The van der Waals surface area contributed by atoms with Gasteiger partial charge in [-0.3, -0.25) is 4.99 Å². The summed E-state index contributed by atoms with van der Waals surface area (Å²) in [5.41, 5.74) is 11.0. The number of fused-ring (bicyclic) bond motifs is 1. The summed E-state index contributed by atoms with van der Waals surface area (Å²) < 4.78 is 5.60. The van der Waals surface area contributed by atoms with Crippen molar-refractivity contribution in [2.75, 3.05) is 19.5 Å². The molecule has 0 saturated carbocycles. The fourth-order valence-electron chi connectivity index (χ4n) is 3.93. The lowest BCUT2D eigenvalue weighted by Gasteiger charge is -2.16. The Morgan fingerprint density at radius 1 is 1.34 bits per heavy atom. The summed E-state index contributed by atoms with van der Waals surface area (Å²) >= 11 is 0. The molecule has 0 bridgehead atoms. The molecule has 1 aliphatic rings. The van der Waals surface area contributed by atoms with Crippen molar-refractivity contribution >= 4 is 34.0 Å². The summed E-state index contributed by atoms with van der Waals surface area (Å²) in [7, 11) is 3.32. The molecule has 0 amide bonds. The second kappa shape index (κ2) is 9.35. The normalized spacial score (nSPS) is 14.4. The van der Waals surface area contributed by atoms with Crippen LogP contribution >= 0.6 is 0 Å². The molecule has 2 heterocycles. The van der Waals surface area contributed by atoms with E-state index in [0.717, 1.165) is 52.9 Å². The summed E-state index contributed by atoms with van der Waals surface area (Å²) in [6, 6.07) is 7.95. The molecular weight excluding hydrogens is 402 g/mol. The maximum absolute atomic E-state index is 9.55. The zero-order chi connectivity index (χ0) is 22.5. The SMILES string of the molecule is CN=C(C=CN)c1ccc(Nc2nc(C3=CCCCC3)c3c(C#N)c[nH]c3n2)c(OC)c1. The Balaban J connectivity index is 1.76. The zero-order valence-electron chi connectivity index (χ0n) is 18.1. The minimum Gasteiger partial charge on any atom is -0.495 e. The highest BCUT2D eigenvalue weighted by molar-refractivity contribution is 6.09. The number of aliphatic imine (C=N–C) groups is 1. The van der Waals surface area contributed by atoms with Gasteiger partial charge in [-0.1, -0.05) is 12.1 Å². The number of nitriles is 1. The van der Waals surface area contributed by atoms with Gasteiger partial charge in [0.2, 0.25) is 5.95 Å². The fourth-order valence-corrected chi connectivity index (χ4v) is 3.93. The van der Waals surface area contributed by atoms with Gasteiger partial charge in [0, 0.05) is 18.8 Å². The van der Waals surface area contributed by atoms with E-state index in [-0.39, 0.29) is 0 Å². The van der Waals surface area contributed by atoms with Crippen molar-refractivity contribution in [2.45, 2.75) is 25.7 Å². The van der Waals surface area contributed by atoms with E-state index in [1.165, 1.54) is 12.6 Å². The molecular formula is C24H25N7O. The van der Waals surface area contributed by atoms with Gasteiger partial charge in [0.05, 0.1) is 35.2 Å². The van der Waals surface area contributed by atoms with Crippen molar-refractivity contribution < 1.29 is 4.74 Å². The highest BCUT2D eigenvalue weighted by atomic mass is 16.5. The molecule has 0 saturated heterocycles. The number of aromatic amines is 1. The largest absolute Gasteiger partial charge is 0.495 e. The van der Waals surface area contributed by atoms with Crippen molar-refractivity contribution in [3.05, 3.63) is 59.6 Å². The molecule has 0 unspecified atom stereocenters. The Hall–Kier alpha value is -4.12. The number of nitrogens with one attached hydrogen (secondary N) is 2. The monoisotopic (exact) mass is 427 g/mol. The highest BCUT2D eigenvalue weighted by Crippen LogP contribution is 2.34. The average Bonchev–Trinajstić information content (AvgIpc) is 3.26. The molecule has 8 nitrogen and oxygen atoms in total. The lowest BCUT2D eigenvalue weighted by molar-refractivity contribution is 0.416. The number of rotatable bonds is 6. The standard InChI is InChI=1S/C24H25N7O/c1-27-18(10-11-25)16-8-9-19(20(12-16)32-2)29-24-30-22(15-6-4-3-5-7-15)21-17(13-26)14-28-23(21)31-24/h6,8-12,14H,3-5,7,25H2,1-2H3,(H2,28,29,30,31). The van der Waals surface area contributed by atoms with Gasteiger partial charge in [0.25, 0.3) is 0 Å². The number of methoxy groups -OCH3 is 1. The van der Waals surface area contributed by atoms with E-state index in [4.69, 9.17) is 15.5 Å². The first-order valence-corrected chi connectivity index (χ1v) is 10.5. The Morgan fingerprint density at radius 2 is 2.22 bits per heavy atom. The molecule has 1 aliphatic carbocycles. The van der Waals surface area contributed by atoms with E-state index in [1.54, 1.807) is 26.4 Å². The summed E-state index contributed by atoms with van der Waals surface area (Å²) in [5.74, 6) is 1.06. The Kier molecular flexibility index (Phi) is 6.17. The Labute approximate surface area is 186 Å². The van der Waals surface area contributed by atoms with Gasteiger partial charge in [-0.25, -0.2) is 4.98 Å². The van der Waals surface area contributed by atoms with Crippen LogP contribution in [0.25, 0.3) is 16.6 Å². The topological polar surface area (TPSA) is 125 Å². The van der Waals surface area contributed by atoms with Crippen LogP contribution in [0.4, 0.5) is 11.6 Å². The maximum Gasteiger partial charge on any atom is 0.229 e. The van der Waals surface area contributed by atoms with Crippen LogP contribution in [0, 0.1) is 11.3 Å².